The molecule has 0 aliphatic rings. The number of hydrogen-bond donors (Lipinski definition) is 1. The zero-order valence-electron chi connectivity index (χ0n) is 11.2. The van der Waals surface area contributed by atoms with Crippen molar-refractivity contribution < 1.29 is 8.42 Å². The fourth-order valence-electron chi connectivity index (χ4n) is 2.07. The zero-order chi connectivity index (χ0) is 14.2. The summed E-state index contributed by atoms with van der Waals surface area (Å²) in [4.78, 5) is 4.69. The Morgan fingerprint density at radius 3 is 2.79 bits per heavy atom. The fourth-order valence-corrected chi connectivity index (χ4v) is 4.74. The van der Waals surface area contributed by atoms with Crippen molar-refractivity contribution in [1.82, 2.24) is 13.7 Å². The predicted molar refractivity (Wildman–Crippen MR) is 76.8 cm³/mol. The topological polar surface area (TPSA) is 80.7 Å². The van der Waals surface area contributed by atoms with Crippen LogP contribution in [0.25, 0.3) is 4.96 Å². The van der Waals surface area contributed by atoms with E-state index in [9.17, 15) is 8.42 Å². The molecule has 0 saturated heterocycles. The van der Waals surface area contributed by atoms with Gasteiger partial charge in [-0.1, -0.05) is 13.8 Å². The van der Waals surface area contributed by atoms with Crippen LogP contribution in [0.15, 0.2) is 16.6 Å². The van der Waals surface area contributed by atoms with Crippen molar-refractivity contribution in [3.05, 3.63) is 11.6 Å². The standard InChI is InChI=1S/C11H18N4O2S2/c1-4-8(3)15(5-2)19(16,17)10-9(12)13-11-14(10)6-7-18-11/h6-8H,4-5,12H2,1-3H3. The first-order valence-corrected chi connectivity index (χ1v) is 8.48. The van der Waals surface area contributed by atoms with Gasteiger partial charge >= 0.3 is 0 Å². The summed E-state index contributed by atoms with van der Waals surface area (Å²) >= 11 is 1.36. The Morgan fingerprint density at radius 2 is 2.21 bits per heavy atom. The van der Waals surface area contributed by atoms with E-state index in [2.05, 4.69) is 4.98 Å². The molecule has 2 aromatic heterocycles. The van der Waals surface area contributed by atoms with Gasteiger partial charge in [-0.05, 0) is 13.3 Å². The third kappa shape index (κ3) is 2.24. The Morgan fingerprint density at radius 1 is 1.53 bits per heavy atom. The lowest BCUT2D eigenvalue weighted by Crippen LogP contribution is -2.38. The number of aromatic nitrogens is 2. The molecular weight excluding hydrogens is 284 g/mol. The number of anilines is 1. The highest BCUT2D eigenvalue weighted by molar-refractivity contribution is 7.89. The molecule has 2 heterocycles. The summed E-state index contributed by atoms with van der Waals surface area (Å²) in [6, 6.07) is -0.0708. The minimum absolute atomic E-state index is 0.0635. The van der Waals surface area contributed by atoms with Gasteiger partial charge in [-0.3, -0.25) is 4.40 Å². The van der Waals surface area contributed by atoms with Crippen molar-refractivity contribution in [2.24, 2.45) is 0 Å². The fraction of sp³-hybridized carbons (Fsp3) is 0.545. The van der Waals surface area contributed by atoms with Crippen LogP contribution in [0.1, 0.15) is 27.2 Å². The van der Waals surface area contributed by atoms with Gasteiger partial charge in [0.25, 0.3) is 10.0 Å². The van der Waals surface area contributed by atoms with E-state index in [1.54, 1.807) is 16.0 Å². The van der Waals surface area contributed by atoms with Crippen LogP contribution in [0.3, 0.4) is 0 Å². The molecular formula is C11H18N4O2S2. The molecule has 0 aromatic carbocycles. The summed E-state index contributed by atoms with van der Waals surface area (Å²) in [7, 11) is -3.63. The highest BCUT2D eigenvalue weighted by Crippen LogP contribution is 2.27. The first kappa shape index (κ1) is 14.3. The highest BCUT2D eigenvalue weighted by Gasteiger charge is 2.32. The zero-order valence-corrected chi connectivity index (χ0v) is 12.8. The van der Waals surface area contributed by atoms with E-state index in [4.69, 9.17) is 5.73 Å². The second-order valence-corrected chi connectivity index (χ2v) is 7.00. The summed E-state index contributed by atoms with van der Waals surface area (Å²) in [6.07, 6.45) is 2.43. The van der Waals surface area contributed by atoms with E-state index in [0.717, 1.165) is 6.42 Å². The molecule has 0 saturated carbocycles. The van der Waals surface area contributed by atoms with Crippen LogP contribution in [0.5, 0.6) is 0 Å². The molecule has 0 aliphatic carbocycles. The second kappa shape index (κ2) is 5.10. The van der Waals surface area contributed by atoms with E-state index in [-0.39, 0.29) is 16.9 Å². The van der Waals surface area contributed by atoms with Crippen LogP contribution in [0.2, 0.25) is 0 Å². The van der Waals surface area contributed by atoms with Gasteiger partial charge in [0.2, 0.25) is 0 Å². The summed E-state index contributed by atoms with van der Waals surface area (Å²) in [5.74, 6) is 0.0635. The Kier molecular flexibility index (Phi) is 3.84. The average Bonchev–Trinajstić information content (AvgIpc) is 2.88. The van der Waals surface area contributed by atoms with E-state index >= 15 is 0 Å². The second-order valence-electron chi connectivity index (χ2n) is 4.32. The number of sulfonamides is 1. The molecule has 0 radical (unpaired) electrons. The predicted octanol–water partition coefficient (Wildman–Crippen LogP) is 1.79. The minimum atomic E-state index is -3.63. The first-order valence-electron chi connectivity index (χ1n) is 6.16. The molecule has 0 aliphatic heterocycles. The smallest absolute Gasteiger partial charge is 0.263 e. The lowest BCUT2D eigenvalue weighted by molar-refractivity contribution is 0.341. The Balaban J connectivity index is 2.60. The van der Waals surface area contributed by atoms with Gasteiger partial charge in [0.05, 0.1) is 0 Å². The number of hydrogen-bond acceptors (Lipinski definition) is 5. The van der Waals surface area contributed by atoms with Crippen molar-refractivity contribution in [2.75, 3.05) is 12.3 Å². The number of rotatable bonds is 5. The van der Waals surface area contributed by atoms with Crippen LogP contribution in [0.4, 0.5) is 5.82 Å². The van der Waals surface area contributed by atoms with Crippen LogP contribution >= 0.6 is 11.3 Å². The van der Waals surface area contributed by atoms with Crippen LogP contribution in [-0.4, -0.2) is 34.7 Å². The van der Waals surface area contributed by atoms with Gasteiger partial charge < -0.3 is 5.73 Å². The van der Waals surface area contributed by atoms with Crippen molar-refractivity contribution in [3.63, 3.8) is 0 Å². The molecule has 106 valence electrons. The molecule has 2 rings (SSSR count). The van der Waals surface area contributed by atoms with Crippen molar-refractivity contribution in [3.8, 4) is 0 Å². The maximum Gasteiger partial charge on any atom is 0.263 e. The lowest BCUT2D eigenvalue weighted by Gasteiger charge is -2.25. The number of nitrogen functional groups attached to an aromatic ring is 1. The molecule has 0 amide bonds. The van der Waals surface area contributed by atoms with Crippen molar-refractivity contribution in [1.29, 1.82) is 0 Å². The summed E-state index contributed by atoms with van der Waals surface area (Å²) in [5, 5.41) is 1.87. The Hall–Kier alpha value is -1.12. The Labute approximate surface area is 116 Å². The minimum Gasteiger partial charge on any atom is -0.381 e. The number of nitrogens with two attached hydrogens (primary N) is 1. The van der Waals surface area contributed by atoms with Gasteiger partial charge in [-0.25, -0.2) is 13.4 Å². The molecule has 0 spiro atoms. The monoisotopic (exact) mass is 302 g/mol. The first-order chi connectivity index (χ1) is 8.93. The number of imidazole rings is 1. The number of fused-ring (bicyclic) bond motifs is 1. The lowest BCUT2D eigenvalue weighted by atomic mass is 10.3. The molecule has 2 aromatic rings. The summed E-state index contributed by atoms with van der Waals surface area (Å²) in [6.45, 7) is 6.09. The molecule has 2 N–H and O–H groups in total. The molecule has 19 heavy (non-hydrogen) atoms. The van der Waals surface area contributed by atoms with E-state index in [1.807, 2.05) is 20.8 Å². The molecule has 8 heteroatoms. The molecule has 0 bridgehead atoms. The Bertz CT molecular complexity index is 674. The van der Waals surface area contributed by atoms with Crippen molar-refractivity contribution >= 4 is 32.1 Å². The largest absolute Gasteiger partial charge is 0.381 e. The average molecular weight is 302 g/mol. The molecule has 6 nitrogen and oxygen atoms in total. The quantitative estimate of drug-likeness (QED) is 0.913. The van der Waals surface area contributed by atoms with E-state index < -0.39 is 10.0 Å². The third-order valence-corrected chi connectivity index (χ3v) is 6.08. The number of thiazole rings is 1. The summed E-state index contributed by atoms with van der Waals surface area (Å²) in [5.41, 5.74) is 5.79. The number of nitrogens with zero attached hydrogens (tertiary/aromatic N) is 3. The SMILES string of the molecule is CCC(C)N(CC)S(=O)(=O)c1c(N)nc2sccn12. The van der Waals surface area contributed by atoms with E-state index in [0.29, 0.717) is 11.5 Å². The van der Waals surface area contributed by atoms with Gasteiger partial charge in [0, 0.05) is 24.2 Å². The normalized spacial score (nSPS) is 14.3. The molecule has 1 unspecified atom stereocenters. The van der Waals surface area contributed by atoms with Crippen LogP contribution in [0, 0.1) is 0 Å². The van der Waals surface area contributed by atoms with E-state index in [1.165, 1.54) is 15.6 Å². The maximum absolute atomic E-state index is 12.7. The van der Waals surface area contributed by atoms with Gasteiger partial charge in [-0.15, -0.1) is 11.3 Å². The van der Waals surface area contributed by atoms with Crippen LogP contribution in [-0.2, 0) is 10.0 Å². The van der Waals surface area contributed by atoms with Gasteiger partial charge in [-0.2, -0.15) is 4.31 Å². The van der Waals surface area contributed by atoms with Gasteiger partial charge in [0.1, 0.15) is 0 Å². The molecule has 1 atom stereocenters. The highest BCUT2D eigenvalue weighted by atomic mass is 32.2. The maximum atomic E-state index is 12.7. The van der Waals surface area contributed by atoms with Crippen LogP contribution < -0.4 is 5.73 Å². The van der Waals surface area contributed by atoms with Crippen molar-refractivity contribution in [2.45, 2.75) is 38.3 Å². The molecule has 0 fully saturated rings. The summed E-state index contributed by atoms with van der Waals surface area (Å²) < 4.78 is 28.5. The third-order valence-electron chi connectivity index (χ3n) is 3.19. The van der Waals surface area contributed by atoms with Gasteiger partial charge in [0.15, 0.2) is 15.8 Å².